The number of hydrogen-bond acceptors (Lipinski definition) is 7. The first-order valence-corrected chi connectivity index (χ1v) is 10.8. The van der Waals surface area contributed by atoms with Crippen molar-refractivity contribution in [1.29, 1.82) is 0 Å². The third-order valence-corrected chi connectivity index (χ3v) is 5.77. The molecule has 1 aliphatic rings. The van der Waals surface area contributed by atoms with Gasteiger partial charge in [0.25, 0.3) is 0 Å². The van der Waals surface area contributed by atoms with E-state index in [1.807, 2.05) is 0 Å². The number of carbonyl (C=O) groups is 1. The maximum Gasteiger partial charge on any atom is 0.326 e. The molecular weight excluding hydrogens is 446 g/mol. The van der Waals surface area contributed by atoms with Crippen molar-refractivity contribution in [2.45, 2.75) is 31.8 Å². The van der Waals surface area contributed by atoms with E-state index >= 15 is 0 Å². The Labute approximate surface area is 192 Å². The topological polar surface area (TPSA) is 110 Å². The van der Waals surface area contributed by atoms with E-state index in [1.54, 1.807) is 35.0 Å². The normalized spacial score (nSPS) is 16.1. The largest absolute Gasteiger partial charge is 0.480 e. The molecule has 9 nitrogen and oxygen atoms in total. The van der Waals surface area contributed by atoms with Gasteiger partial charge in [0, 0.05) is 18.2 Å². The predicted octanol–water partition coefficient (Wildman–Crippen LogP) is 3.77. The van der Waals surface area contributed by atoms with Gasteiger partial charge in [-0.3, -0.25) is 4.68 Å². The van der Waals surface area contributed by atoms with E-state index in [1.165, 1.54) is 17.2 Å². The summed E-state index contributed by atoms with van der Waals surface area (Å²) in [5, 5.41) is 18.1. The van der Waals surface area contributed by atoms with Crippen LogP contribution < -0.4 is 4.90 Å². The van der Waals surface area contributed by atoms with Crippen molar-refractivity contribution >= 4 is 11.8 Å². The molecule has 1 aromatic carbocycles. The van der Waals surface area contributed by atoms with E-state index in [2.05, 4.69) is 20.2 Å². The van der Waals surface area contributed by atoms with Gasteiger partial charge in [0.1, 0.15) is 29.5 Å². The highest BCUT2D eigenvalue weighted by Gasteiger charge is 2.32. The van der Waals surface area contributed by atoms with E-state index in [0.717, 1.165) is 19.0 Å². The molecule has 11 heteroatoms. The minimum absolute atomic E-state index is 0.0799. The highest BCUT2D eigenvalue weighted by molar-refractivity contribution is 5.78. The zero-order chi connectivity index (χ0) is 23.7. The van der Waals surface area contributed by atoms with Gasteiger partial charge in [-0.05, 0) is 31.4 Å². The molecule has 34 heavy (non-hydrogen) atoms. The number of anilines is 1. The Bertz CT molecular complexity index is 1320. The lowest BCUT2D eigenvalue weighted by Gasteiger charge is -2.33. The van der Waals surface area contributed by atoms with E-state index in [9.17, 15) is 18.7 Å². The fourth-order valence-electron chi connectivity index (χ4n) is 4.11. The molecule has 0 bridgehead atoms. The van der Waals surface area contributed by atoms with Crippen molar-refractivity contribution in [2.24, 2.45) is 0 Å². The number of nitrogens with zero attached hydrogens (tertiary/aromatic N) is 6. The van der Waals surface area contributed by atoms with Crippen LogP contribution >= 0.6 is 0 Å². The maximum atomic E-state index is 14.7. The van der Waals surface area contributed by atoms with Crippen molar-refractivity contribution in [3.8, 4) is 22.9 Å². The fraction of sp³-hybridized carbons (Fsp3) is 0.261. The van der Waals surface area contributed by atoms with Gasteiger partial charge in [0.15, 0.2) is 17.5 Å². The summed E-state index contributed by atoms with van der Waals surface area (Å²) in [6.45, 7) is 0.479. The van der Waals surface area contributed by atoms with Crippen LogP contribution in [-0.4, -0.2) is 48.6 Å². The van der Waals surface area contributed by atoms with Gasteiger partial charge >= 0.3 is 5.97 Å². The second-order valence-electron chi connectivity index (χ2n) is 7.96. The molecule has 4 heterocycles. The Morgan fingerprint density at radius 1 is 1.15 bits per heavy atom. The number of hydrogen-bond donors (Lipinski definition) is 1. The van der Waals surface area contributed by atoms with Crippen molar-refractivity contribution in [3.63, 3.8) is 0 Å². The van der Waals surface area contributed by atoms with Gasteiger partial charge in [0.05, 0.1) is 18.4 Å². The molecule has 4 aromatic rings. The van der Waals surface area contributed by atoms with Crippen LogP contribution in [0.4, 0.5) is 14.6 Å². The van der Waals surface area contributed by atoms with Crippen LogP contribution in [0.25, 0.3) is 22.9 Å². The number of carboxylic acid groups (broad SMARTS) is 1. The number of halogens is 2. The van der Waals surface area contributed by atoms with Crippen molar-refractivity contribution in [2.75, 3.05) is 11.4 Å². The summed E-state index contributed by atoms with van der Waals surface area (Å²) in [6.07, 6.45) is 4.30. The summed E-state index contributed by atoms with van der Waals surface area (Å²) in [6, 6.07) is 8.77. The molecule has 1 N–H and O–H groups in total. The number of aromatic nitrogens is 5. The van der Waals surface area contributed by atoms with E-state index < -0.39 is 17.8 Å². The molecule has 0 radical (unpaired) electrons. The number of rotatable bonds is 6. The average Bonchev–Trinajstić information content (AvgIpc) is 3.51. The van der Waals surface area contributed by atoms with Gasteiger partial charge in [-0.2, -0.15) is 5.10 Å². The Kier molecular flexibility index (Phi) is 5.74. The molecule has 174 valence electrons. The lowest BCUT2D eigenvalue weighted by atomic mass is 10.0. The zero-order valence-electron chi connectivity index (χ0n) is 17.9. The predicted molar refractivity (Wildman–Crippen MR) is 117 cm³/mol. The molecule has 1 saturated heterocycles. The van der Waals surface area contributed by atoms with Crippen molar-refractivity contribution in [1.82, 2.24) is 24.9 Å². The molecule has 0 aliphatic carbocycles. The summed E-state index contributed by atoms with van der Waals surface area (Å²) in [5.41, 5.74) is 1.72. The average molecular weight is 466 g/mol. The van der Waals surface area contributed by atoms with Gasteiger partial charge in [0.2, 0.25) is 0 Å². The first-order valence-electron chi connectivity index (χ1n) is 10.8. The minimum atomic E-state index is -1.03. The van der Waals surface area contributed by atoms with Gasteiger partial charge in [-0.1, -0.05) is 23.4 Å². The van der Waals surface area contributed by atoms with Crippen LogP contribution in [0.5, 0.6) is 0 Å². The third kappa shape index (κ3) is 4.12. The Balaban J connectivity index is 1.56. The summed E-state index contributed by atoms with van der Waals surface area (Å²) in [5.74, 6) is -2.08. The second-order valence-corrected chi connectivity index (χ2v) is 7.96. The highest BCUT2D eigenvalue weighted by Crippen LogP contribution is 2.29. The Morgan fingerprint density at radius 2 is 2.00 bits per heavy atom. The standard InChI is InChI=1S/C23H20F2N6O3/c24-15-6-2-1-5-14(15)13-31-20(17-8-10-34-29-17)11-18(28-31)21-26-12-16(25)22(27-21)30-9-4-3-7-19(30)23(32)33/h1-2,5-6,8,10-12,19H,3-4,7,9,13H2,(H,32,33). The fourth-order valence-corrected chi connectivity index (χ4v) is 4.11. The summed E-state index contributed by atoms with van der Waals surface area (Å²) in [4.78, 5) is 21.6. The molecule has 0 saturated carbocycles. The zero-order valence-corrected chi connectivity index (χ0v) is 17.9. The minimum Gasteiger partial charge on any atom is -0.480 e. The number of carboxylic acids is 1. The molecule has 3 aromatic heterocycles. The first-order chi connectivity index (χ1) is 16.5. The summed E-state index contributed by atoms with van der Waals surface area (Å²) >= 11 is 0. The summed E-state index contributed by atoms with van der Waals surface area (Å²) < 4.78 is 35.5. The number of aliphatic carboxylic acids is 1. The monoisotopic (exact) mass is 466 g/mol. The van der Waals surface area contributed by atoms with Gasteiger partial charge < -0.3 is 14.5 Å². The van der Waals surface area contributed by atoms with Crippen molar-refractivity contribution in [3.05, 3.63) is 66.1 Å². The second kappa shape index (κ2) is 9.00. The maximum absolute atomic E-state index is 14.7. The van der Waals surface area contributed by atoms with Gasteiger partial charge in [-0.25, -0.2) is 23.5 Å². The number of benzene rings is 1. The highest BCUT2D eigenvalue weighted by atomic mass is 19.1. The molecule has 1 fully saturated rings. The molecule has 1 unspecified atom stereocenters. The molecule has 1 atom stereocenters. The van der Waals surface area contributed by atoms with Crippen LogP contribution in [0.1, 0.15) is 24.8 Å². The molecule has 5 rings (SSSR count). The van der Waals surface area contributed by atoms with Crippen LogP contribution in [0.3, 0.4) is 0 Å². The van der Waals surface area contributed by atoms with Crippen LogP contribution in [0, 0.1) is 11.6 Å². The molecule has 1 aliphatic heterocycles. The number of piperidine rings is 1. The lowest BCUT2D eigenvalue weighted by molar-refractivity contribution is -0.139. The van der Waals surface area contributed by atoms with E-state index in [0.29, 0.717) is 35.6 Å². The van der Waals surface area contributed by atoms with E-state index in [4.69, 9.17) is 4.52 Å². The van der Waals surface area contributed by atoms with Crippen LogP contribution in [-0.2, 0) is 11.3 Å². The smallest absolute Gasteiger partial charge is 0.326 e. The van der Waals surface area contributed by atoms with E-state index in [-0.39, 0.29) is 24.0 Å². The lowest BCUT2D eigenvalue weighted by Crippen LogP contribution is -2.45. The molecule has 0 spiro atoms. The first kappa shape index (κ1) is 21.7. The Hall–Kier alpha value is -4.15. The van der Waals surface area contributed by atoms with Gasteiger partial charge in [-0.15, -0.1) is 0 Å². The van der Waals surface area contributed by atoms with Crippen LogP contribution in [0.15, 0.2) is 53.4 Å². The van der Waals surface area contributed by atoms with Crippen molar-refractivity contribution < 1.29 is 23.2 Å². The SMILES string of the molecule is O=C(O)C1CCCCN1c1nc(-c2cc(-c3ccon3)n(Cc3ccccc3F)n2)ncc1F. The Morgan fingerprint density at radius 3 is 2.76 bits per heavy atom. The third-order valence-electron chi connectivity index (χ3n) is 5.77. The van der Waals surface area contributed by atoms with Crippen LogP contribution in [0.2, 0.25) is 0 Å². The quantitative estimate of drug-likeness (QED) is 0.457. The summed E-state index contributed by atoms with van der Waals surface area (Å²) in [7, 11) is 0. The molecular formula is C23H20F2N6O3. The molecule has 0 amide bonds.